The molecule has 0 unspecified atom stereocenters. The number of amides is 1. The van der Waals surface area contributed by atoms with Crippen molar-refractivity contribution in [2.24, 2.45) is 7.05 Å². The Labute approximate surface area is 176 Å². The standard InChI is InChI=1S/C22H27N5OS/c1-16-10-8-9-13-18(16)21-24-25-22(27(21)4)29-15-20(28)23-14-19(26(2)3)17-11-6-5-7-12-17/h5-13,19H,14-15H2,1-4H3,(H,23,28)/t19-/m0/s1. The highest BCUT2D eigenvalue weighted by Crippen LogP contribution is 2.25. The van der Waals surface area contributed by atoms with Gasteiger partial charge < -0.3 is 14.8 Å². The van der Waals surface area contributed by atoms with Gasteiger partial charge in [0.1, 0.15) is 0 Å². The molecule has 1 atom stereocenters. The number of aryl methyl sites for hydroxylation is 1. The van der Waals surface area contributed by atoms with E-state index in [4.69, 9.17) is 0 Å². The van der Waals surface area contributed by atoms with Crippen LogP contribution in [0.5, 0.6) is 0 Å². The van der Waals surface area contributed by atoms with E-state index in [2.05, 4.69) is 45.5 Å². The van der Waals surface area contributed by atoms with E-state index in [9.17, 15) is 4.79 Å². The second kappa shape index (κ2) is 9.71. The summed E-state index contributed by atoms with van der Waals surface area (Å²) in [5.74, 6) is 1.09. The number of rotatable bonds is 8. The Morgan fingerprint density at radius 1 is 1.10 bits per heavy atom. The summed E-state index contributed by atoms with van der Waals surface area (Å²) in [6.07, 6.45) is 0. The van der Waals surface area contributed by atoms with Gasteiger partial charge in [-0.05, 0) is 32.1 Å². The van der Waals surface area contributed by atoms with Crippen LogP contribution in [0.3, 0.4) is 0 Å². The predicted octanol–water partition coefficient (Wildman–Crippen LogP) is 3.30. The largest absolute Gasteiger partial charge is 0.353 e. The molecule has 7 heteroatoms. The van der Waals surface area contributed by atoms with E-state index in [-0.39, 0.29) is 11.9 Å². The molecule has 1 heterocycles. The van der Waals surface area contributed by atoms with Gasteiger partial charge in [0.25, 0.3) is 0 Å². The van der Waals surface area contributed by atoms with Crippen molar-refractivity contribution in [3.8, 4) is 11.4 Å². The van der Waals surface area contributed by atoms with E-state index >= 15 is 0 Å². The van der Waals surface area contributed by atoms with Gasteiger partial charge in [0, 0.05) is 19.2 Å². The van der Waals surface area contributed by atoms with Crippen molar-refractivity contribution < 1.29 is 4.79 Å². The Kier molecular flexibility index (Phi) is 7.06. The summed E-state index contributed by atoms with van der Waals surface area (Å²) in [4.78, 5) is 14.5. The van der Waals surface area contributed by atoms with Crippen molar-refractivity contribution in [3.63, 3.8) is 0 Å². The van der Waals surface area contributed by atoms with Crippen molar-refractivity contribution in [2.45, 2.75) is 18.1 Å². The van der Waals surface area contributed by atoms with Crippen LogP contribution in [0.2, 0.25) is 0 Å². The van der Waals surface area contributed by atoms with Gasteiger partial charge in [0.05, 0.1) is 11.8 Å². The molecule has 0 aliphatic heterocycles. The molecule has 1 aromatic heterocycles. The first-order valence-corrected chi connectivity index (χ1v) is 10.5. The molecule has 0 fully saturated rings. The van der Waals surface area contributed by atoms with Crippen molar-refractivity contribution in [3.05, 3.63) is 65.7 Å². The third-order valence-electron chi connectivity index (χ3n) is 4.85. The van der Waals surface area contributed by atoms with Crippen LogP contribution < -0.4 is 5.32 Å². The second-order valence-electron chi connectivity index (χ2n) is 7.16. The number of nitrogens with zero attached hydrogens (tertiary/aromatic N) is 4. The minimum absolute atomic E-state index is 0.0155. The normalized spacial score (nSPS) is 12.2. The van der Waals surface area contributed by atoms with Crippen LogP contribution in [0.4, 0.5) is 0 Å². The summed E-state index contributed by atoms with van der Waals surface area (Å²) < 4.78 is 1.94. The first kappa shape index (κ1) is 21.1. The molecule has 6 nitrogen and oxygen atoms in total. The number of thioether (sulfide) groups is 1. The van der Waals surface area contributed by atoms with Crippen LogP contribution in [0.25, 0.3) is 11.4 Å². The van der Waals surface area contributed by atoms with Crippen molar-refractivity contribution in [1.82, 2.24) is 25.0 Å². The molecule has 2 aromatic carbocycles. The molecule has 1 N–H and O–H groups in total. The number of nitrogens with one attached hydrogen (secondary N) is 1. The molecule has 0 radical (unpaired) electrons. The van der Waals surface area contributed by atoms with Gasteiger partial charge in [-0.2, -0.15) is 0 Å². The van der Waals surface area contributed by atoms with E-state index in [0.29, 0.717) is 12.3 Å². The summed E-state index contributed by atoms with van der Waals surface area (Å²) >= 11 is 1.40. The minimum Gasteiger partial charge on any atom is -0.353 e. The maximum Gasteiger partial charge on any atom is 0.230 e. The van der Waals surface area contributed by atoms with E-state index in [0.717, 1.165) is 22.1 Å². The maximum atomic E-state index is 12.4. The van der Waals surface area contributed by atoms with Crippen LogP contribution in [0.1, 0.15) is 17.2 Å². The molecule has 152 valence electrons. The fourth-order valence-corrected chi connectivity index (χ4v) is 3.91. The van der Waals surface area contributed by atoms with Gasteiger partial charge >= 0.3 is 0 Å². The van der Waals surface area contributed by atoms with Crippen molar-refractivity contribution in [2.75, 3.05) is 26.4 Å². The number of carbonyl (C=O) groups is 1. The number of hydrogen-bond donors (Lipinski definition) is 1. The molecular formula is C22H27N5OS. The van der Waals surface area contributed by atoms with Gasteiger partial charge in [-0.1, -0.05) is 66.4 Å². The lowest BCUT2D eigenvalue weighted by Gasteiger charge is -2.25. The lowest BCUT2D eigenvalue weighted by molar-refractivity contribution is -0.118. The zero-order valence-corrected chi connectivity index (χ0v) is 18.1. The highest BCUT2D eigenvalue weighted by Gasteiger charge is 2.17. The number of aromatic nitrogens is 3. The van der Waals surface area contributed by atoms with E-state index in [1.54, 1.807) is 0 Å². The highest BCUT2D eigenvalue weighted by atomic mass is 32.2. The molecule has 3 aromatic rings. The highest BCUT2D eigenvalue weighted by molar-refractivity contribution is 7.99. The Balaban J connectivity index is 1.58. The smallest absolute Gasteiger partial charge is 0.230 e. The SMILES string of the molecule is Cc1ccccc1-c1nnc(SCC(=O)NC[C@@H](c2ccccc2)N(C)C)n1C. The molecule has 29 heavy (non-hydrogen) atoms. The third kappa shape index (κ3) is 5.25. The average Bonchev–Trinajstić information content (AvgIpc) is 3.08. The number of hydrogen-bond acceptors (Lipinski definition) is 5. The van der Waals surface area contributed by atoms with Crippen LogP contribution >= 0.6 is 11.8 Å². The molecule has 3 rings (SSSR count). The fourth-order valence-electron chi connectivity index (χ4n) is 3.16. The second-order valence-corrected chi connectivity index (χ2v) is 8.11. The van der Waals surface area contributed by atoms with Crippen LogP contribution in [0.15, 0.2) is 59.8 Å². The Bertz CT molecular complexity index is 955. The number of benzene rings is 2. The number of likely N-dealkylation sites (N-methyl/N-ethyl adjacent to an activating group) is 1. The molecule has 0 bridgehead atoms. The molecule has 0 spiro atoms. The fraction of sp³-hybridized carbons (Fsp3) is 0.318. The zero-order chi connectivity index (χ0) is 20.8. The summed E-state index contributed by atoms with van der Waals surface area (Å²) in [6, 6.07) is 18.4. The monoisotopic (exact) mass is 409 g/mol. The predicted molar refractivity (Wildman–Crippen MR) is 118 cm³/mol. The van der Waals surface area contributed by atoms with Gasteiger partial charge in [-0.3, -0.25) is 4.79 Å². The molecule has 0 saturated carbocycles. The van der Waals surface area contributed by atoms with Crippen LogP contribution in [-0.4, -0.2) is 52.0 Å². The molecular weight excluding hydrogens is 382 g/mol. The Morgan fingerprint density at radius 2 is 1.79 bits per heavy atom. The minimum atomic E-state index is -0.0155. The zero-order valence-electron chi connectivity index (χ0n) is 17.3. The van der Waals surface area contributed by atoms with Crippen LogP contribution in [0, 0.1) is 6.92 Å². The quantitative estimate of drug-likeness (QED) is 0.579. The maximum absolute atomic E-state index is 12.4. The Morgan fingerprint density at radius 3 is 2.48 bits per heavy atom. The molecule has 0 aliphatic rings. The summed E-state index contributed by atoms with van der Waals surface area (Å²) in [5.41, 5.74) is 3.38. The van der Waals surface area contributed by atoms with E-state index < -0.39 is 0 Å². The Hall–Kier alpha value is -2.64. The average molecular weight is 410 g/mol. The summed E-state index contributed by atoms with van der Waals surface area (Å²) in [5, 5.41) is 12.3. The third-order valence-corrected chi connectivity index (χ3v) is 5.87. The van der Waals surface area contributed by atoms with Crippen LogP contribution in [-0.2, 0) is 11.8 Å². The first-order valence-electron chi connectivity index (χ1n) is 9.53. The lowest BCUT2D eigenvalue weighted by atomic mass is 10.1. The summed E-state index contributed by atoms with van der Waals surface area (Å²) in [7, 11) is 5.97. The molecule has 0 saturated heterocycles. The molecule has 1 amide bonds. The van der Waals surface area contributed by atoms with E-state index in [1.807, 2.05) is 62.1 Å². The first-order chi connectivity index (χ1) is 14.0. The van der Waals surface area contributed by atoms with Crippen molar-refractivity contribution in [1.29, 1.82) is 0 Å². The van der Waals surface area contributed by atoms with Crippen molar-refractivity contribution >= 4 is 17.7 Å². The summed E-state index contributed by atoms with van der Waals surface area (Å²) in [6.45, 7) is 2.61. The van der Waals surface area contributed by atoms with E-state index in [1.165, 1.54) is 17.3 Å². The van der Waals surface area contributed by atoms with Gasteiger partial charge in [0.15, 0.2) is 11.0 Å². The lowest BCUT2D eigenvalue weighted by Crippen LogP contribution is -2.35. The topological polar surface area (TPSA) is 63.1 Å². The van der Waals surface area contributed by atoms with Gasteiger partial charge in [0.2, 0.25) is 5.91 Å². The van der Waals surface area contributed by atoms with Gasteiger partial charge in [-0.25, -0.2) is 0 Å². The molecule has 0 aliphatic carbocycles. The van der Waals surface area contributed by atoms with Gasteiger partial charge in [-0.15, -0.1) is 10.2 Å². The number of carbonyl (C=O) groups excluding carboxylic acids is 1.